The Morgan fingerprint density at radius 1 is 0.702 bits per heavy atom. The molecule has 0 bridgehead atoms. The molecule has 8 heteroatoms. The van der Waals surface area contributed by atoms with Crippen LogP contribution in [0.15, 0.2) is 89.7 Å². The average molecular weight is 622 g/mol. The van der Waals surface area contributed by atoms with E-state index in [1.54, 1.807) is 54.6 Å². The van der Waals surface area contributed by atoms with Crippen molar-refractivity contribution in [2.45, 2.75) is 56.8 Å². The van der Waals surface area contributed by atoms with Crippen molar-refractivity contribution in [2.75, 3.05) is 4.90 Å². The van der Waals surface area contributed by atoms with Gasteiger partial charge in [0.1, 0.15) is 11.7 Å². The first-order chi connectivity index (χ1) is 22.6. The van der Waals surface area contributed by atoms with Gasteiger partial charge in [0.2, 0.25) is 0 Å². The number of rotatable bonds is 5. The Kier molecular flexibility index (Phi) is 6.48. The summed E-state index contributed by atoms with van der Waals surface area (Å²) in [5.41, 5.74) is 3.87. The van der Waals surface area contributed by atoms with Gasteiger partial charge in [0.25, 0.3) is 17.4 Å². The molecule has 0 spiro atoms. The van der Waals surface area contributed by atoms with Crippen molar-refractivity contribution in [3.05, 3.63) is 140 Å². The van der Waals surface area contributed by atoms with Crippen LogP contribution in [-0.2, 0) is 5.41 Å². The molecule has 2 aliphatic carbocycles. The lowest BCUT2D eigenvalue weighted by molar-refractivity contribution is 0.0880. The summed E-state index contributed by atoms with van der Waals surface area (Å²) in [5.74, 6) is -2.23. The van der Waals surface area contributed by atoms with Gasteiger partial charge < -0.3 is 4.98 Å². The maximum atomic E-state index is 13.7. The number of imide groups is 1. The smallest absolute Gasteiger partial charge is 0.266 e. The van der Waals surface area contributed by atoms with E-state index in [4.69, 9.17) is 0 Å². The van der Waals surface area contributed by atoms with Crippen molar-refractivity contribution in [3.8, 4) is 0 Å². The summed E-state index contributed by atoms with van der Waals surface area (Å²) in [6.45, 7) is 3.94. The first-order valence-electron chi connectivity index (χ1n) is 16.0. The van der Waals surface area contributed by atoms with Crippen molar-refractivity contribution < 1.29 is 19.2 Å². The Morgan fingerprint density at radius 3 is 2.04 bits per heavy atom. The Balaban J connectivity index is 1.09. The van der Waals surface area contributed by atoms with Gasteiger partial charge in [0.05, 0.1) is 27.7 Å². The maximum Gasteiger partial charge on any atom is 0.266 e. The summed E-state index contributed by atoms with van der Waals surface area (Å²) in [6, 6.07) is 25.0. The zero-order chi connectivity index (χ0) is 32.6. The summed E-state index contributed by atoms with van der Waals surface area (Å²) in [4.78, 5) is 75.3. The molecular formula is C39H31N3O5. The van der Waals surface area contributed by atoms with Gasteiger partial charge in [-0.05, 0) is 77.9 Å². The van der Waals surface area contributed by atoms with Crippen LogP contribution in [0, 0.1) is 0 Å². The monoisotopic (exact) mass is 621 g/mol. The highest BCUT2D eigenvalue weighted by Crippen LogP contribution is 2.40. The van der Waals surface area contributed by atoms with E-state index in [2.05, 4.69) is 9.97 Å². The third kappa shape index (κ3) is 4.42. The van der Waals surface area contributed by atoms with Gasteiger partial charge in [0.15, 0.2) is 11.6 Å². The second-order valence-corrected chi connectivity index (χ2v) is 13.3. The first-order valence-corrected chi connectivity index (χ1v) is 16.0. The predicted molar refractivity (Wildman–Crippen MR) is 178 cm³/mol. The molecule has 0 radical (unpaired) electrons. The molecule has 8 nitrogen and oxygen atoms in total. The number of amides is 2. The Hall–Kier alpha value is -5.50. The fourth-order valence-corrected chi connectivity index (χ4v) is 7.46. The second kappa shape index (κ2) is 10.5. The van der Waals surface area contributed by atoms with Gasteiger partial charge >= 0.3 is 0 Å². The van der Waals surface area contributed by atoms with E-state index in [0.29, 0.717) is 33.6 Å². The van der Waals surface area contributed by atoms with Gasteiger partial charge in [-0.25, -0.2) is 9.88 Å². The molecule has 1 atom stereocenters. The molecule has 2 amide bonds. The molecule has 8 rings (SSSR count). The maximum absolute atomic E-state index is 13.7. The van der Waals surface area contributed by atoms with Crippen LogP contribution in [-0.4, -0.2) is 33.3 Å². The number of benzene rings is 4. The molecule has 1 aliphatic heterocycles. The van der Waals surface area contributed by atoms with E-state index in [0.717, 1.165) is 11.1 Å². The average Bonchev–Trinajstić information content (AvgIpc) is 3.77. The van der Waals surface area contributed by atoms with Crippen molar-refractivity contribution in [1.82, 2.24) is 9.97 Å². The summed E-state index contributed by atoms with van der Waals surface area (Å²) in [6.07, 6.45) is 4.80. The van der Waals surface area contributed by atoms with Gasteiger partial charge in [0, 0.05) is 16.5 Å². The minimum atomic E-state index is -1.23. The molecule has 232 valence electrons. The zero-order valence-corrected chi connectivity index (χ0v) is 26.0. The normalized spacial score (nSPS) is 18.0. The number of carbonyl (C=O) groups excluding carboxylic acids is 4. The summed E-state index contributed by atoms with van der Waals surface area (Å²) >= 11 is 0. The van der Waals surface area contributed by atoms with Crippen molar-refractivity contribution in [3.63, 3.8) is 0 Å². The number of anilines is 1. The largest absolute Gasteiger partial charge is 0.309 e. The lowest BCUT2D eigenvalue weighted by Gasteiger charge is -2.27. The molecule has 2 heterocycles. The lowest BCUT2D eigenvalue weighted by Crippen LogP contribution is -2.29. The molecule has 4 aromatic carbocycles. The summed E-state index contributed by atoms with van der Waals surface area (Å²) < 4.78 is 0. The minimum absolute atomic E-state index is 0.0280. The molecule has 3 aliphatic rings. The molecule has 1 aromatic heterocycles. The van der Waals surface area contributed by atoms with Crippen LogP contribution in [0.25, 0.3) is 10.9 Å². The van der Waals surface area contributed by atoms with Crippen LogP contribution in [0.4, 0.5) is 5.69 Å². The number of H-pyrrole nitrogens is 1. The standard InChI is InChI=1S/C39H31N3O5/c1-39(2,23-13-17-26-29(19-23)34(44)32(33(26)43)35-40-31-10-6-5-9-28(31)36(45)41-35)24-14-18-27-30(20-24)38(47)42(37(27)46)25-15-11-22(12-16-25)21-7-3-4-8-21/h5-6,9-21,32H,3-4,7-8H2,1-2H3,(H,40,41,45). The van der Waals surface area contributed by atoms with Gasteiger partial charge in [-0.2, -0.15) is 0 Å². The quantitative estimate of drug-likeness (QED) is 0.169. The van der Waals surface area contributed by atoms with E-state index in [1.165, 1.54) is 36.1 Å². The SMILES string of the molecule is CC(C)(c1ccc2c(c1)C(=O)C(c1nc3ccccc3c(=O)[nH]1)C2=O)c1ccc2c(c1)C(=O)N(c1ccc(C3CCCC3)cc1)C2=O. The van der Waals surface area contributed by atoms with Crippen LogP contribution in [0.3, 0.4) is 0 Å². The van der Waals surface area contributed by atoms with Crippen LogP contribution in [0.2, 0.25) is 0 Å². The van der Waals surface area contributed by atoms with Crippen molar-refractivity contribution in [1.29, 1.82) is 0 Å². The topological polar surface area (TPSA) is 117 Å². The van der Waals surface area contributed by atoms with Crippen molar-refractivity contribution >= 4 is 40.0 Å². The fourth-order valence-electron chi connectivity index (χ4n) is 7.46. The molecule has 1 N–H and O–H groups in total. The highest BCUT2D eigenvalue weighted by atomic mass is 16.2. The number of hydrogen-bond donors (Lipinski definition) is 1. The van der Waals surface area contributed by atoms with Crippen LogP contribution < -0.4 is 10.5 Å². The number of ketones is 2. The fraction of sp³-hybridized carbons (Fsp3) is 0.231. The highest BCUT2D eigenvalue weighted by molar-refractivity contribution is 6.34. The number of nitrogens with zero attached hydrogens (tertiary/aromatic N) is 2. The van der Waals surface area contributed by atoms with Crippen molar-refractivity contribution in [2.24, 2.45) is 0 Å². The van der Waals surface area contributed by atoms with Crippen LogP contribution >= 0.6 is 0 Å². The van der Waals surface area contributed by atoms with E-state index in [-0.39, 0.29) is 28.8 Å². The van der Waals surface area contributed by atoms with Gasteiger partial charge in [-0.1, -0.05) is 69.2 Å². The predicted octanol–water partition coefficient (Wildman–Crippen LogP) is 6.87. The van der Waals surface area contributed by atoms with Crippen LogP contribution in [0.5, 0.6) is 0 Å². The number of fused-ring (bicyclic) bond motifs is 3. The summed E-state index contributed by atoms with van der Waals surface area (Å²) in [7, 11) is 0. The Bertz CT molecular complexity index is 2240. The Labute approximate surface area is 270 Å². The molecule has 1 saturated carbocycles. The van der Waals surface area contributed by atoms with E-state index >= 15 is 0 Å². The molecule has 5 aromatic rings. The first kappa shape index (κ1) is 28.9. The third-order valence-electron chi connectivity index (χ3n) is 10.3. The van der Waals surface area contributed by atoms with Crippen LogP contribution in [0.1, 0.15) is 115 Å². The molecular weight excluding hydrogens is 590 g/mol. The van der Waals surface area contributed by atoms with Gasteiger partial charge in [-0.15, -0.1) is 0 Å². The second-order valence-electron chi connectivity index (χ2n) is 13.3. The zero-order valence-electron chi connectivity index (χ0n) is 26.0. The molecule has 47 heavy (non-hydrogen) atoms. The molecule has 0 saturated heterocycles. The van der Waals surface area contributed by atoms with Gasteiger partial charge in [-0.3, -0.25) is 24.0 Å². The lowest BCUT2D eigenvalue weighted by atomic mass is 9.76. The van der Waals surface area contributed by atoms with E-state index < -0.39 is 28.5 Å². The number of carbonyl (C=O) groups is 4. The van der Waals surface area contributed by atoms with E-state index in [9.17, 15) is 24.0 Å². The summed E-state index contributed by atoms with van der Waals surface area (Å²) in [5, 5.41) is 0.380. The number of aromatic amines is 1. The minimum Gasteiger partial charge on any atom is -0.309 e. The highest BCUT2D eigenvalue weighted by Gasteiger charge is 2.43. The number of nitrogens with one attached hydrogen (secondary N) is 1. The van der Waals surface area contributed by atoms with E-state index in [1.807, 2.05) is 44.2 Å². The molecule has 1 fully saturated rings. The third-order valence-corrected chi connectivity index (χ3v) is 10.3. The number of aromatic nitrogens is 2. The number of para-hydroxylation sites is 1. The molecule has 1 unspecified atom stereocenters. The number of hydrogen-bond acceptors (Lipinski definition) is 6. The number of Topliss-reactive ketones (excluding diaryl/α,β-unsaturated/α-hetero) is 2. The Morgan fingerprint density at radius 2 is 1.32 bits per heavy atom.